The Hall–Kier alpha value is -2.81. The number of carbonyl (C=O) groups is 1. The minimum absolute atomic E-state index is 0.0414. The minimum Gasteiger partial charge on any atom is -0.364 e. The number of nitrogens with zero attached hydrogens (tertiary/aromatic N) is 2. The van der Waals surface area contributed by atoms with Crippen molar-refractivity contribution in [3.05, 3.63) is 42.4 Å². The van der Waals surface area contributed by atoms with Gasteiger partial charge in [-0.3, -0.25) is 14.6 Å². The predicted molar refractivity (Wildman–Crippen MR) is 80.8 cm³/mol. The Kier molecular flexibility index (Phi) is 3.14. The van der Waals surface area contributed by atoms with Crippen LogP contribution in [0.4, 0.5) is 5.69 Å². The first-order valence-corrected chi connectivity index (χ1v) is 7.78. The molecule has 1 amide bonds. The van der Waals surface area contributed by atoms with Crippen LogP contribution in [-0.4, -0.2) is 29.1 Å². The van der Waals surface area contributed by atoms with Crippen LogP contribution in [-0.2, 0) is 17.1 Å². The Bertz CT molecular complexity index is 971. The van der Waals surface area contributed by atoms with Gasteiger partial charge in [-0.1, -0.05) is 12.1 Å². The molecule has 0 bridgehead atoms. The average Bonchev–Trinajstić information content (AvgIpc) is 3.05. The van der Waals surface area contributed by atoms with Crippen LogP contribution < -0.4 is 10.5 Å². The number of fused-ring (bicyclic) bond motifs is 1. The molecule has 2 heterocycles. The summed E-state index contributed by atoms with van der Waals surface area (Å²) in [4.78, 5) is 11.2. The van der Waals surface area contributed by atoms with Gasteiger partial charge in [0, 0.05) is 18.6 Å². The van der Waals surface area contributed by atoms with Crippen LogP contribution in [0, 0.1) is 0 Å². The number of benzene rings is 1. The van der Waals surface area contributed by atoms with Gasteiger partial charge in [-0.05, 0) is 12.1 Å². The molecule has 3 rings (SSSR count). The number of aromatic amines is 1. The predicted octanol–water partition coefficient (Wildman–Crippen LogP) is 0.801. The third kappa shape index (κ3) is 2.31. The monoisotopic (exact) mass is 319 g/mol. The summed E-state index contributed by atoms with van der Waals surface area (Å²) in [5.74, 6) is -0.695. The molecule has 0 saturated heterocycles. The van der Waals surface area contributed by atoms with Gasteiger partial charge in [-0.25, -0.2) is 8.42 Å². The van der Waals surface area contributed by atoms with Crippen LogP contribution in [0.25, 0.3) is 10.9 Å². The molecule has 8 nitrogen and oxygen atoms in total. The quantitative estimate of drug-likeness (QED) is 0.658. The van der Waals surface area contributed by atoms with Crippen LogP contribution in [0.5, 0.6) is 0 Å². The summed E-state index contributed by atoms with van der Waals surface area (Å²) < 4.78 is 28.7. The fraction of sp³-hybridized carbons (Fsp3) is 0.0769. The highest BCUT2D eigenvalue weighted by Crippen LogP contribution is 2.24. The summed E-state index contributed by atoms with van der Waals surface area (Å²) in [6, 6.07) is 6.38. The SMILES string of the molecule is Cn1cc(S(=O)(=O)Nc2cccc3cn[nH]c23)cc1C(N)=O. The van der Waals surface area contributed by atoms with Gasteiger partial charge in [0.2, 0.25) is 0 Å². The second-order valence-corrected chi connectivity index (χ2v) is 6.46. The van der Waals surface area contributed by atoms with Crippen LogP contribution >= 0.6 is 0 Å². The third-order valence-electron chi connectivity index (χ3n) is 3.26. The van der Waals surface area contributed by atoms with E-state index >= 15 is 0 Å². The van der Waals surface area contributed by atoms with Crippen LogP contribution in [0.2, 0.25) is 0 Å². The normalized spacial score (nSPS) is 11.7. The first-order chi connectivity index (χ1) is 10.4. The lowest BCUT2D eigenvalue weighted by atomic mass is 10.2. The van der Waals surface area contributed by atoms with E-state index < -0.39 is 15.9 Å². The lowest BCUT2D eigenvalue weighted by molar-refractivity contribution is 0.0992. The molecule has 0 aliphatic carbocycles. The number of carbonyl (C=O) groups excluding carboxylic acids is 1. The van der Waals surface area contributed by atoms with E-state index in [1.807, 2.05) is 6.07 Å². The maximum absolute atomic E-state index is 12.4. The molecule has 3 aromatic rings. The largest absolute Gasteiger partial charge is 0.364 e. The van der Waals surface area contributed by atoms with Crippen molar-refractivity contribution < 1.29 is 13.2 Å². The van der Waals surface area contributed by atoms with Gasteiger partial charge >= 0.3 is 0 Å². The van der Waals surface area contributed by atoms with E-state index in [2.05, 4.69) is 14.9 Å². The van der Waals surface area contributed by atoms with Gasteiger partial charge in [-0.15, -0.1) is 0 Å². The first-order valence-electron chi connectivity index (χ1n) is 6.29. The molecule has 1 aromatic carbocycles. The van der Waals surface area contributed by atoms with E-state index in [0.717, 1.165) is 5.39 Å². The zero-order valence-electron chi connectivity index (χ0n) is 11.6. The van der Waals surface area contributed by atoms with Crippen molar-refractivity contribution in [3.8, 4) is 0 Å². The summed E-state index contributed by atoms with van der Waals surface area (Å²) in [6.07, 6.45) is 2.93. The van der Waals surface area contributed by atoms with Gasteiger partial charge in [0.1, 0.15) is 10.6 Å². The number of aryl methyl sites for hydroxylation is 1. The molecule has 0 fully saturated rings. The van der Waals surface area contributed by atoms with Crippen molar-refractivity contribution in [2.24, 2.45) is 12.8 Å². The molecule has 4 N–H and O–H groups in total. The Morgan fingerprint density at radius 1 is 1.41 bits per heavy atom. The zero-order valence-corrected chi connectivity index (χ0v) is 12.4. The average molecular weight is 319 g/mol. The van der Waals surface area contributed by atoms with E-state index in [0.29, 0.717) is 11.2 Å². The van der Waals surface area contributed by atoms with E-state index in [4.69, 9.17) is 5.73 Å². The van der Waals surface area contributed by atoms with Gasteiger partial charge in [0.05, 0.1) is 17.4 Å². The fourth-order valence-electron chi connectivity index (χ4n) is 2.18. The van der Waals surface area contributed by atoms with Crippen molar-refractivity contribution >= 4 is 32.5 Å². The molecule has 114 valence electrons. The van der Waals surface area contributed by atoms with Gasteiger partial charge in [-0.2, -0.15) is 5.10 Å². The van der Waals surface area contributed by atoms with Crippen molar-refractivity contribution in [1.29, 1.82) is 0 Å². The summed E-state index contributed by atoms with van der Waals surface area (Å²) in [5.41, 5.74) is 6.26. The Morgan fingerprint density at radius 3 is 2.86 bits per heavy atom. The van der Waals surface area contributed by atoms with Crippen molar-refractivity contribution in [2.75, 3.05) is 4.72 Å². The maximum Gasteiger partial charge on any atom is 0.265 e. The van der Waals surface area contributed by atoms with Crippen molar-refractivity contribution in [3.63, 3.8) is 0 Å². The Morgan fingerprint density at radius 2 is 2.18 bits per heavy atom. The maximum atomic E-state index is 12.4. The number of anilines is 1. The zero-order chi connectivity index (χ0) is 15.9. The number of nitrogens with one attached hydrogen (secondary N) is 2. The molecular formula is C13H13N5O3S. The Labute approximate surface area is 126 Å². The minimum atomic E-state index is -3.84. The third-order valence-corrected chi connectivity index (χ3v) is 4.60. The molecular weight excluding hydrogens is 306 g/mol. The number of primary amides is 1. The molecule has 9 heteroatoms. The lowest BCUT2D eigenvalue weighted by Gasteiger charge is -2.07. The van der Waals surface area contributed by atoms with Gasteiger partial charge < -0.3 is 10.3 Å². The molecule has 2 aromatic heterocycles. The number of sulfonamides is 1. The highest BCUT2D eigenvalue weighted by molar-refractivity contribution is 7.92. The molecule has 0 radical (unpaired) electrons. The standard InChI is InChI=1S/C13H13N5O3S/c1-18-7-9(5-11(18)13(14)19)22(20,21)17-10-4-2-3-8-6-15-16-12(8)10/h2-7,17H,1H3,(H2,14,19)(H,15,16). The van der Waals surface area contributed by atoms with Gasteiger partial charge in [0.25, 0.3) is 15.9 Å². The molecule has 22 heavy (non-hydrogen) atoms. The fourth-order valence-corrected chi connectivity index (χ4v) is 3.32. The van der Waals surface area contributed by atoms with E-state index in [1.165, 1.54) is 16.8 Å². The highest BCUT2D eigenvalue weighted by Gasteiger charge is 2.20. The summed E-state index contributed by atoms with van der Waals surface area (Å²) >= 11 is 0. The second kappa shape index (κ2) is 4.88. The second-order valence-electron chi connectivity index (χ2n) is 4.78. The summed E-state index contributed by atoms with van der Waals surface area (Å²) in [7, 11) is -2.29. The number of aromatic nitrogens is 3. The smallest absolute Gasteiger partial charge is 0.265 e. The number of rotatable bonds is 4. The highest BCUT2D eigenvalue weighted by atomic mass is 32.2. The number of para-hydroxylation sites is 1. The van der Waals surface area contributed by atoms with E-state index in [1.54, 1.807) is 25.4 Å². The van der Waals surface area contributed by atoms with Crippen LogP contribution in [0.1, 0.15) is 10.5 Å². The number of hydrogen-bond acceptors (Lipinski definition) is 4. The molecule has 0 unspecified atom stereocenters. The van der Waals surface area contributed by atoms with Crippen molar-refractivity contribution in [2.45, 2.75) is 4.90 Å². The number of nitrogens with two attached hydrogens (primary N) is 1. The van der Waals surface area contributed by atoms with Crippen LogP contribution in [0.3, 0.4) is 0 Å². The first kappa shape index (κ1) is 14.1. The molecule has 0 spiro atoms. The van der Waals surface area contributed by atoms with E-state index in [9.17, 15) is 13.2 Å². The molecule has 0 saturated carbocycles. The number of amides is 1. The van der Waals surface area contributed by atoms with Crippen molar-refractivity contribution in [1.82, 2.24) is 14.8 Å². The topological polar surface area (TPSA) is 123 Å². The van der Waals surface area contributed by atoms with E-state index in [-0.39, 0.29) is 10.6 Å². The number of H-pyrrole nitrogens is 1. The molecule has 0 atom stereocenters. The Balaban J connectivity index is 2.02. The molecule has 0 aliphatic heterocycles. The van der Waals surface area contributed by atoms with Crippen LogP contribution in [0.15, 0.2) is 41.6 Å². The number of hydrogen-bond donors (Lipinski definition) is 3. The lowest BCUT2D eigenvalue weighted by Crippen LogP contribution is -2.14. The summed E-state index contributed by atoms with van der Waals surface area (Å²) in [5, 5.41) is 7.41. The summed E-state index contributed by atoms with van der Waals surface area (Å²) in [6.45, 7) is 0. The van der Waals surface area contributed by atoms with Gasteiger partial charge in [0.15, 0.2) is 0 Å². The molecule has 0 aliphatic rings.